The number of thiophene rings is 1. The zero-order valence-corrected chi connectivity index (χ0v) is 14.6. The lowest BCUT2D eigenvalue weighted by Crippen LogP contribution is -2.35. The molecule has 1 aliphatic heterocycles. The average Bonchev–Trinajstić information content (AvgIpc) is 3.10. The Morgan fingerprint density at radius 2 is 2.00 bits per heavy atom. The van der Waals surface area contributed by atoms with Crippen molar-refractivity contribution in [2.75, 3.05) is 6.54 Å². The molecule has 0 N–H and O–H groups in total. The molecule has 3 heterocycles. The van der Waals surface area contributed by atoms with Gasteiger partial charge in [-0.1, -0.05) is 30.0 Å². The van der Waals surface area contributed by atoms with Gasteiger partial charge in [0.15, 0.2) is 0 Å². The summed E-state index contributed by atoms with van der Waals surface area (Å²) in [5, 5.41) is 2.88. The highest BCUT2D eigenvalue weighted by molar-refractivity contribution is 7.99. The van der Waals surface area contributed by atoms with Crippen molar-refractivity contribution in [3.63, 3.8) is 0 Å². The van der Waals surface area contributed by atoms with E-state index in [1.54, 1.807) is 17.5 Å². The highest BCUT2D eigenvalue weighted by Gasteiger charge is 2.24. The van der Waals surface area contributed by atoms with Crippen molar-refractivity contribution < 1.29 is 4.79 Å². The van der Waals surface area contributed by atoms with Crippen LogP contribution in [0, 0.1) is 0 Å². The summed E-state index contributed by atoms with van der Waals surface area (Å²) in [6, 6.07) is 15.9. The molecule has 1 amide bonds. The molecule has 0 saturated heterocycles. The first-order valence-corrected chi connectivity index (χ1v) is 9.53. The fraction of sp³-hybridized carbons (Fsp3) is 0.158. The fourth-order valence-corrected chi connectivity index (χ4v) is 4.61. The van der Waals surface area contributed by atoms with Crippen LogP contribution in [0.3, 0.4) is 0 Å². The minimum atomic E-state index is 0.0679. The van der Waals surface area contributed by atoms with Crippen molar-refractivity contribution in [3.05, 3.63) is 76.1 Å². The molecule has 0 bridgehead atoms. The minimum Gasteiger partial charge on any atom is -0.334 e. The molecule has 0 radical (unpaired) electrons. The Balaban J connectivity index is 1.59. The standard InChI is InChI=1S/C19H16N2OS2/c22-19(21-11-8-17-14(13-21)9-12-23-17)16-7-4-10-20-18(16)24-15-5-2-1-3-6-15/h1-7,9-10,12H,8,11,13H2. The second-order valence-corrected chi connectivity index (χ2v) is 7.68. The predicted octanol–water partition coefficient (Wildman–Crippen LogP) is 4.49. The van der Waals surface area contributed by atoms with Crippen LogP contribution in [0.2, 0.25) is 0 Å². The number of hydrogen-bond acceptors (Lipinski definition) is 4. The van der Waals surface area contributed by atoms with Crippen LogP contribution in [0.15, 0.2) is 70.0 Å². The zero-order valence-electron chi connectivity index (χ0n) is 13.0. The Labute approximate surface area is 149 Å². The quantitative estimate of drug-likeness (QED) is 0.696. The molecule has 1 aromatic carbocycles. The summed E-state index contributed by atoms with van der Waals surface area (Å²) in [6.07, 6.45) is 2.69. The van der Waals surface area contributed by atoms with E-state index in [4.69, 9.17) is 0 Å². The Kier molecular flexibility index (Phi) is 4.36. The molecule has 5 heteroatoms. The molecule has 3 nitrogen and oxygen atoms in total. The van der Waals surface area contributed by atoms with Gasteiger partial charge in [0.05, 0.1) is 5.56 Å². The summed E-state index contributed by atoms with van der Waals surface area (Å²) in [6.45, 7) is 1.47. The molecule has 4 rings (SSSR count). The van der Waals surface area contributed by atoms with Crippen LogP contribution < -0.4 is 0 Å². The van der Waals surface area contributed by atoms with Crippen molar-refractivity contribution in [2.45, 2.75) is 22.9 Å². The first kappa shape index (κ1) is 15.4. The van der Waals surface area contributed by atoms with Gasteiger partial charge in [-0.2, -0.15) is 0 Å². The van der Waals surface area contributed by atoms with Gasteiger partial charge in [-0.05, 0) is 47.7 Å². The minimum absolute atomic E-state index is 0.0679. The molecule has 2 aromatic heterocycles. The lowest BCUT2D eigenvalue weighted by Gasteiger charge is -2.27. The van der Waals surface area contributed by atoms with E-state index in [1.807, 2.05) is 47.4 Å². The highest BCUT2D eigenvalue weighted by Crippen LogP contribution is 2.30. The number of carbonyl (C=O) groups is 1. The van der Waals surface area contributed by atoms with Crippen LogP contribution >= 0.6 is 23.1 Å². The number of aromatic nitrogens is 1. The van der Waals surface area contributed by atoms with Gasteiger partial charge >= 0.3 is 0 Å². The van der Waals surface area contributed by atoms with E-state index in [9.17, 15) is 4.79 Å². The third-order valence-corrected chi connectivity index (χ3v) is 6.10. The maximum absolute atomic E-state index is 13.0. The molecule has 1 aliphatic rings. The summed E-state index contributed by atoms with van der Waals surface area (Å²) in [7, 11) is 0. The monoisotopic (exact) mass is 352 g/mol. The molecule has 0 saturated carbocycles. The highest BCUT2D eigenvalue weighted by atomic mass is 32.2. The zero-order chi connectivity index (χ0) is 16.4. The van der Waals surface area contributed by atoms with E-state index in [-0.39, 0.29) is 5.91 Å². The van der Waals surface area contributed by atoms with Crippen LogP contribution in [-0.2, 0) is 13.0 Å². The van der Waals surface area contributed by atoms with E-state index < -0.39 is 0 Å². The number of carbonyl (C=O) groups excluding carboxylic acids is 1. The van der Waals surface area contributed by atoms with Gasteiger partial charge in [0, 0.05) is 29.1 Å². The maximum atomic E-state index is 13.0. The Morgan fingerprint density at radius 1 is 1.12 bits per heavy atom. The topological polar surface area (TPSA) is 33.2 Å². The third kappa shape index (κ3) is 3.09. The summed E-state index contributed by atoms with van der Waals surface area (Å²) < 4.78 is 0. The Morgan fingerprint density at radius 3 is 2.88 bits per heavy atom. The summed E-state index contributed by atoms with van der Waals surface area (Å²) in [4.78, 5) is 21.9. The second kappa shape index (κ2) is 6.79. The van der Waals surface area contributed by atoms with E-state index in [0.717, 1.165) is 22.9 Å². The molecule has 0 spiro atoms. The third-order valence-electron chi connectivity index (χ3n) is 4.05. The van der Waals surface area contributed by atoms with E-state index in [1.165, 1.54) is 22.2 Å². The Bertz CT molecular complexity index is 861. The largest absolute Gasteiger partial charge is 0.334 e. The summed E-state index contributed by atoms with van der Waals surface area (Å²) >= 11 is 3.32. The SMILES string of the molecule is O=C(c1cccnc1Sc1ccccc1)N1CCc2sccc2C1. The van der Waals surface area contributed by atoms with Gasteiger partial charge in [-0.15, -0.1) is 11.3 Å². The molecule has 120 valence electrons. The smallest absolute Gasteiger partial charge is 0.256 e. The maximum Gasteiger partial charge on any atom is 0.256 e. The number of rotatable bonds is 3. The molecule has 3 aromatic rings. The number of benzene rings is 1. The van der Waals surface area contributed by atoms with Crippen molar-refractivity contribution in [1.82, 2.24) is 9.88 Å². The average molecular weight is 352 g/mol. The summed E-state index contributed by atoms with van der Waals surface area (Å²) in [5.74, 6) is 0.0679. The van der Waals surface area contributed by atoms with Crippen LogP contribution in [-0.4, -0.2) is 22.3 Å². The van der Waals surface area contributed by atoms with Crippen molar-refractivity contribution in [2.24, 2.45) is 0 Å². The van der Waals surface area contributed by atoms with Gasteiger partial charge in [-0.3, -0.25) is 4.79 Å². The molecule has 0 aliphatic carbocycles. The molecule has 0 unspecified atom stereocenters. The summed E-state index contributed by atoms with van der Waals surface area (Å²) in [5.41, 5.74) is 1.96. The van der Waals surface area contributed by atoms with Crippen molar-refractivity contribution in [3.8, 4) is 0 Å². The van der Waals surface area contributed by atoms with Gasteiger partial charge in [0.25, 0.3) is 5.91 Å². The number of hydrogen-bond donors (Lipinski definition) is 0. The van der Waals surface area contributed by atoms with Gasteiger partial charge < -0.3 is 4.90 Å². The lowest BCUT2D eigenvalue weighted by molar-refractivity contribution is 0.0731. The number of amides is 1. The first-order valence-electron chi connectivity index (χ1n) is 7.84. The van der Waals surface area contributed by atoms with E-state index in [2.05, 4.69) is 16.4 Å². The molecule has 24 heavy (non-hydrogen) atoms. The van der Waals surface area contributed by atoms with Crippen LogP contribution in [0.5, 0.6) is 0 Å². The number of nitrogens with zero attached hydrogens (tertiary/aromatic N) is 2. The van der Waals surface area contributed by atoms with Gasteiger partial charge in [0.1, 0.15) is 5.03 Å². The lowest BCUT2D eigenvalue weighted by atomic mass is 10.1. The van der Waals surface area contributed by atoms with Gasteiger partial charge in [0.2, 0.25) is 0 Å². The fourth-order valence-electron chi connectivity index (χ4n) is 2.83. The Hall–Kier alpha value is -2.11. The first-order chi connectivity index (χ1) is 11.8. The number of pyridine rings is 1. The van der Waals surface area contributed by atoms with Crippen LogP contribution in [0.25, 0.3) is 0 Å². The van der Waals surface area contributed by atoms with E-state index >= 15 is 0 Å². The van der Waals surface area contributed by atoms with Crippen molar-refractivity contribution >= 4 is 29.0 Å². The van der Waals surface area contributed by atoms with Gasteiger partial charge in [-0.25, -0.2) is 4.98 Å². The van der Waals surface area contributed by atoms with Crippen molar-refractivity contribution in [1.29, 1.82) is 0 Å². The number of fused-ring (bicyclic) bond motifs is 1. The van der Waals surface area contributed by atoms with Crippen LogP contribution in [0.4, 0.5) is 0 Å². The predicted molar refractivity (Wildman–Crippen MR) is 97.6 cm³/mol. The molecular weight excluding hydrogens is 336 g/mol. The van der Waals surface area contributed by atoms with Crippen LogP contribution in [0.1, 0.15) is 20.8 Å². The second-order valence-electron chi connectivity index (χ2n) is 5.62. The van der Waals surface area contributed by atoms with E-state index in [0.29, 0.717) is 12.1 Å². The molecular formula is C19H16N2OS2. The molecule has 0 atom stereocenters. The molecule has 0 fully saturated rings. The normalized spacial score (nSPS) is 13.6.